The van der Waals surface area contributed by atoms with E-state index in [0.29, 0.717) is 23.1 Å². The molecule has 0 spiro atoms. The molecule has 4 nitrogen and oxygen atoms in total. The minimum Gasteiger partial charge on any atom is -0.349 e. The zero-order valence-electron chi connectivity index (χ0n) is 15.2. The highest BCUT2D eigenvalue weighted by Gasteiger charge is 2.21. The molecule has 0 saturated heterocycles. The number of hydrogen-bond donors (Lipinski definition) is 0. The minimum atomic E-state index is 0.576. The molecule has 0 aliphatic rings. The predicted octanol–water partition coefficient (Wildman–Crippen LogP) is 5.91. The van der Waals surface area contributed by atoms with Crippen LogP contribution in [-0.2, 0) is 0 Å². The van der Waals surface area contributed by atoms with E-state index in [1.807, 2.05) is 48.0 Å². The van der Waals surface area contributed by atoms with Gasteiger partial charge in [0.2, 0.25) is 0 Å². The van der Waals surface area contributed by atoms with Crippen molar-refractivity contribution in [2.45, 2.75) is 11.9 Å². The van der Waals surface area contributed by atoms with Gasteiger partial charge in [-0.2, -0.15) is 9.61 Å². The van der Waals surface area contributed by atoms with Crippen molar-refractivity contribution in [3.63, 3.8) is 0 Å². The first-order valence-corrected chi connectivity index (χ1v) is 10.3. The van der Waals surface area contributed by atoms with E-state index in [9.17, 15) is 0 Å². The van der Waals surface area contributed by atoms with Crippen LogP contribution in [0.4, 0.5) is 5.82 Å². The van der Waals surface area contributed by atoms with Gasteiger partial charge in [-0.1, -0.05) is 41.4 Å². The van der Waals surface area contributed by atoms with Gasteiger partial charge in [-0.3, -0.25) is 0 Å². The van der Waals surface area contributed by atoms with Crippen molar-refractivity contribution in [3.05, 3.63) is 65.3 Å². The van der Waals surface area contributed by atoms with Gasteiger partial charge in [0.05, 0.1) is 10.6 Å². The number of fused-ring (bicyclic) bond motifs is 1. The van der Waals surface area contributed by atoms with Crippen molar-refractivity contribution in [2.24, 2.45) is 0 Å². The molecule has 0 amide bonds. The fourth-order valence-corrected chi connectivity index (χ4v) is 4.04. The molecular weight excluding hydrogens is 399 g/mol. The maximum Gasteiger partial charge on any atom is 0.166 e. The van der Waals surface area contributed by atoms with E-state index in [-0.39, 0.29) is 0 Å². The highest BCUT2D eigenvalue weighted by molar-refractivity contribution is 7.98. The second kappa shape index (κ2) is 8.38. The van der Waals surface area contributed by atoms with Crippen molar-refractivity contribution >= 4 is 46.4 Å². The van der Waals surface area contributed by atoms with Gasteiger partial charge in [-0.05, 0) is 25.3 Å². The zero-order chi connectivity index (χ0) is 19.6. The number of nitrogens with zero attached hydrogens (tertiary/aromatic N) is 4. The number of benzene rings is 1. The van der Waals surface area contributed by atoms with Crippen molar-refractivity contribution in [3.8, 4) is 11.1 Å². The van der Waals surface area contributed by atoms with E-state index in [2.05, 4.69) is 18.1 Å². The van der Waals surface area contributed by atoms with Crippen LogP contribution in [0.15, 0.2) is 54.6 Å². The number of aryl methyl sites for hydroxylation is 1. The molecule has 0 radical (unpaired) electrons. The lowest BCUT2D eigenvalue weighted by molar-refractivity contribution is 0.820. The molecule has 3 rings (SSSR count). The summed E-state index contributed by atoms with van der Waals surface area (Å²) in [6.45, 7) is 11.1. The van der Waals surface area contributed by atoms with Gasteiger partial charge in [-0.15, -0.1) is 24.9 Å². The van der Waals surface area contributed by atoms with E-state index in [1.165, 1.54) is 0 Å². The molecule has 0 fully saturated rings. The van der Waals surface area contributed by atoms with Crippen molar-refractivity contribution in [1.29, 1.82) is 0 Å². The second-order valence-electron chi connectivity index (χ2n) is 5.98. The van der Waals surface area contributed by atoms with Crippen LogP contribution in [0, 0.1) is 6.92 Å². The van der Waals surface area contributed by atoms with Crippen LogP contribution < -0.4 is 4.90 Å². The molecule has 2 aromatic heterocycles. The molecule has 140 valence electrons. The Kier molecular flexibility index (Phi) is 6.15. The number of hydrogen-bond acceptors (Lipinski definition) is 4. The molecule has 0 atom stereocenters. The zero-order valence-corrected chi connectivity index (χ0v) is 17.6. The molecule has 0 N–H and O–H groups in total. The van der Waals surface area contributed by atoms with Crippen LogP contribution in [0.5, 0.6) is 0 Å². The number of thioether (sulfide) groups is 1. The molecule has 1 aromatic carbocycles. The molecule has 0 unspecified atom stereocenters. The topological polar surface area (TPSA) is 33.4 Å². The first kappa shape index (κ1) is 19.8. The first-order chi connectivity index (χ1) is 13.0. The van der Waals surface area contributed by atoms with Crippen LogP contribution in [0.2, 0.25) is 10.0 Å². The van der Waals surface area contributed by atoms with Gasteiger partial charge < -0.3 is 4.90 Å². The van der Waals surface area contributed by atoms with Gasteiger partial charge in [0.25, 0.3) is 0 Å². The average Bonchev–Trinajstić information content (AvgIpc) is 2.99. The molecular formula is C20H20Cl2N4S. The van der Waals surface area contributed by atoms with Gasteiger partial charge in [0.15, 0.2) is 5.65 Å². The third kappa shape index (κ3) is 3.86. The summed E-state index contributed by atoms with van der Waals surface area (Å²) in [5, 5.41) is 6.84. The summed E-state index contributed by atoms with van der Waals surface area (Å²) in [5.74, 6) is 0.934. The SMILES string of the molecule is C=CCN(CC=C)c1cc(C)nc2c(-c3ccc(Cl)cc3Cl)c(SC)nn12. The predicted molar refractivity (Wildman–Crippen MR) is 118 cm³/mol. The normalized spacial score (nSPS) is 11.0. The third-order valence-corrected chi connectivity index (χ3v) is 5.30. The Labute approximate surface area is 173 Å². The number of halogens is 2. The molecule has 7 heteroatoms. The minimum absolute atomic E-state index is 0.576. The fourth-order valence-electron chi connectivity index (χ4n) is 2.97. The Bertz CT molecular complexity index is 1000. The monoisotopic (exact) mass is 418 g/mol. The van der Waals surface area contributed by atoms with Gasteiger partial charge in [-0.25, -0.2) is 4.98 Å². The Balaban J connectivity index is 2.32. The summed E-state index contributed by atoms with van der Waals surface area (Å²) < 4.78 is 1.87. The van der Waals surface area contributed by atoms with E-state index in [4.69, 9.17) is 33.3 Å². The smallest absolute Gasteiger partial charge is 0.166 e. The maximum absolute atomic E-state index is 6.50. The highest BCUT2D eigenvalue weighted by Crippen LogP contribution is 2.39. The van der Waals surface area contributed by atoms with E-state index < -0.39 is 0 Å². The van der Waals surface area contributed by atoms with Crippen molar-refractivity contribution in [2.75, 3.05) is 24.2 Å². The summed E-state index contributed by atoms with van der Waals surface area (Å²) in [6, 6.07) is 7.50. The van der Waals surface area contributed by atoms with Gasteiger partial charge in [0, 0.05) is 35.4 Å². The summed E-state index contributed by atoms with van der Waals surface area (Å²) in [7, 11) is 0. The number of aromatic nitrogens is 3. The lowest BCUT2D eigenvalue weighted by Gasteiger charge is -2.22. The molecule has 0 bridgehead atoms. The Morgan fingerprint density at radius 3 is 2.48 bits per heavy atom. The van der Waals surface area contributed by atoms with E-state index in [1.54, 1.807) is 17.8 Å². The summed E-state index contributed by atoms with van der Waals surface area (Å²) >= 11 is 14.1. The first-order valence-electron chi connectivity index (χ1n) is 8.36. The second-order valence-corrected chi connectivity index (χ2v) is 7.62. The van der Waals surface area contributed by atoms with Crippen LogP contribution in [-0.4, -0.2) is 33.9 Å². The highest BCUT2D eigenvalue weighted by atomic mass is 35.5. The van der Waals surface area contributed by atoms with Crippen LogP contribution in [0.3, 0.4) is 0 Å². The molecule has 2 heterocycles. The Morgan fingerprint density at radius 1 is 1.19 bits per heavy atom. The molecule has 0 aliphatic carbocycles. The molecule has 0 saturated carbocycles. The van der Waals surface area contributed by atoms with Crippen molar-refractivity contribution < 1.29 is 0 Å². The van der Waals surface area contributed by atoms with Gasteiger partial charge >= 0.3 is 0 Å². The standard InChI is InChI=1S/C20H20Cl2N4S/c1-5-9-25(10-6-2)17-11-13(3)23-19-18(20(27-4)24-26(17)19)15-8-7-14(21)12-16(15)22/h5-8,11-12H,1-2,9-10H2,3-4H3. The quantitative estimate of drug-likeness (QED) is 0.352. The van der Waals surface area contributed by atoms with Crippen LogP contribution in [0.25, 0.3) is 16.8 Å². The largest absolute Gasteiger partial charge is 0.349 e. The van der Waals surface area contributed by atoms with Crippen molar-refractivity contribution in [1.82, 2.24) is 14.6 Å². The summed E-state index contributed by atoms with van der Waals surface area (Å²) in [4.78, 5) is 6.91. The summed E-state index contributed by atoms with van der Waals surface area (Å²) in [6.07, 6.45) is 5.72. The average molecular weight is 419 g/mol. The van der Waals surface area contributed by atoms with E-state index >= 15 is 0 Å². The van der Waals surface area contributed by atoms with Gasteiger partial charge in [0.1, 0.15) is 10.8 Å². The van der Waals surface area contributed by atoms with Crippen LogP contribution >= 0.6 is 35.0 Å². The Hall–Kier alpha value is -1.95. The van der Waals surface area contributed by atoms with Crippen LogP contribution in [0.1, 0.15) is 5.69 Å². The Morgan fingerprint density at radius 2 is 1.89 bits per heavy atom. The molecule has 27 heavy (non-hydrogen) atoms. The molecule has 0 aliphatic heterocycles. The number of rotatable bonds is 7. The van der Waals surface area contributed by atoms with E-state index in [0.717, 1.165) is 33.3 Å². The molecule has 3 aromatic rings. The fraction of sp³-hybridized carbons (Fsp3) is 0.200. The lowest BCUT2D eigenvalue weighted by Crippen LogP contribution is -2.26. The third-order valence-electron chi connectivity index (χ3n) is 4.08. The number of anilines is 1. The lowest BCUT2D eigenvalue weighted by atomic mass is 10.1. The maximum atomic E-state index is 6.50. The summed E-state index contributed by atoms with van der Waals surface area (Å²) in [5.41, 5.74) is 3.43.